The molecule has 1 N–H and O–H groups in total. The first-order valence-corrected chi connectivity index (χ1v) is 10.4. The maximum atomic E-state index is 14.1. The SMILES string of the molecule is CC(C)(C)c1c(NC(=O)c2ccccc2)ccc(C(F)(F)F)c1-c1ccn(C(C)(C)C)n1. The molecule has 0 saturated carbocycles. The Morgan fingerprint density at radius 1 is 0.906 bits per heavy atom. The van der Waals surface area contributed by atoms with Crippen LogP contribution in [0.2, 0.25) is 0 Å². The second-order valence-electron chi connectivity index (χ2n) is 9.79. The van der Waals surface area contributed by atoms with Crippen molar-refractivity contribution in [3.63, 3.8) is 0 Å². The molecule has 0 saturated heterocycles. The van der Waals surface area contributed by atoms with E-state index in [-0.39, 0.29) is 17.2 Å². The number of carbonyl (C=O) groups is 1. The number of nitrogens with zero attached hydrogens (tertiary/aromatic N) is 2. The van der Waals surface area contributed by atoms with Crippen LogP contribution >= 0.6 is 0 Å². The van der Waals surface area contributed by atoms with E-state index in [0.717, 1.165) is 6.07 Å². The van der Waals surface area contributed by atoms with Crippen molar-refractivity contribution in [1.29, 1.82) is 0 Å². The normalized spacial score (nSPS) is 12.7. The van der Waals surface area contributed by atoms with Gasteiger partial charge in [-0.3, -0.25) is 9.48 Å². The summed E-state index contributed by atoms with van der Waals surface area (Å²) >= 11 is 0. The van der Waals surface area contributed by atoms with Gasteiger partial charge in [0, 0.05) is 23.0 Å². The van der Waals surface area contributed by atoms with Gasteiger partial charge in [-0.15, -0.1) is 0 Å². The Morgan fingerprint density at radius 2 is 1.53 bits per heavy atom. The van der Waals surface area contributed by atoms with Crippen molar-refractivity contribution in [2.45, 2.75) is 58.7 Å². The van der Waals surface area contributed by atoms with Gasteiger partial charge in [0.05, 0.1) is 16.8 Å². The van der Waals surface area contributed by atoms with E-state index in [4.69, 9.17) is 0 Å². The average molecular weight is 444 g/mol. The Balaban J connectivity index is 2.26. The third kappa shape index (κ3) is 4.87. The second kappa shape index (κ2) is 8.11. The van der Waals surface area contributed by atoms with Crippen molar-refractivity contribution in [3.05, 3.63) is 71.4 Å². The maximum absolute atomic E-state index is 14.1. The lowest BCUT2D eigenvalue weighted by molar-refractivity contribution is -0.137. The van der Waals surface area contributed by atoms with Gasteiger partial charge in [-0.25, -0.2) is 0 Å². The second-order valence-corrected chi connectivity index (χ2v) is 9.79. The number of hydrogen-bond donors (Lipinski definition) is 1. The first kappa shape index (κ1) is 23.6. The lowest BCUT2D eigenvalue weighted by Gasteiger charge is -2.28. The molecule has 0 aliphatic heterocycles. The van der Waals surface area contributed by atoms with Gasteiger partial charge >= 0.3 is 6.18 Å². The summed E-state index contributed by atoms with van der Waals surface area (Å²) in [7, 11) is 0. The molecule has 1 aromatic heterocycles. The number of hydrogen-bond acceptors (Lipinski definition) is 2. The molecule has 2 aromatic carbocycles. The van der Waals surface area contributed by atoms with Crippen LogP contribution in [0.3, 0.4) is 0 Å². The first-order chi connectivity index (χ1) is 14.7. The largest absolute Gasteiger partial charge is 0.417 e. The van der Waals surface area contributed by atoms with Crippen molar-refractivity contribution in [1.82, 2.24) is 9.78 Å². The molecule has 170 valence electrons. The number of alkyl halides is 3. The van der Waals surface area contributed by atoms with Gasteiger partial charge in [-0.1, -0.05) is 39.0 Å². The topological polar surface area (TPSA) is 46.9 Å². The molecule has 0 aliphatic rings. The average Bonchev–Trinajstić information content (AvgIpc) is 3.17. The standard InChI is InChI=1S/C25H28F3N3O/c1-23(2,3)21-19(29-22(32)16-10-8-7-9-11-16)13-12-17(25(26,27)28)20(21)18-14-15-31(30-18)24(4,5)6/h7-15H,1-6H3,(H,29,32). The van der Waals surface area contributed by atoms with Crippen molar-refractivity contribution < 1.29 is 18.0 Å². The number of halogens is 3. The molecule has 0 spiro atoms. The van der Waals surface area contributed by atoms with Crippen LogP contribution < -0.4 is 5.32 Å². The molecular weight excluding hydrogens is 415 g/mol. The van der Waals surface area contributed by atoms with E-state index in [1.807, 2.05) is 41.5 Å². The third-order valence-electron chi connectivity index (χ3n) is 5.08. The highest BCUT2D eigenvalue weighted by molar-refractivity contribution is 6.05. The molecule has 0 aliphatic carbocycles. The Bertz CT molecular complexity index is 1120. The number of anilines is 1. The predicted molar refractivity (Wildman–Crippen MR) is 121 cm³/mol. The van der Waals surface area contributed by atoms with Crippen LogP contribution in [0.15, 0.2) is 54.7 Å². The van der Waals surface area contributed by atoms with E-state index in [0.29, 0.717) is 16.8 Å². The Labute approximate surface area is 186 Å². The Kier molecular flexibility index (Phi) is 5.98. The summed E-state index contributed by atoms with van der Waals surface area (Å²) in [4.78, 5) is 12.8. The quantitative estimate of drug-likeness (QED) is 0.480. The number of nitrogens with one attached hydrogen (secondary N) is 1. The summed E-state index contributed by atoms with van der Waals surface area (Å²) < 4.78 is 43.9. The van der Waals surface area contributed by atoms with Gasteiger partial charge in [0.15, 0.2) is 0 Å². The molecular formula is C25H28F3N3O. The van der Waals surface area contributed by atoms with Crippen LogP contribution in [-0.4, -0.2) is 15.7 Å². The number of carbonyl (C=O) groups excluding carboxylic acids is 1. The lowest BCUT2D eigenvalue weighted by Crippen LogP contribution is -2.23. The lowest BCUT2D eigenvalue weighted by atomic mass is 9.79. The summed E-state index contributed by atoms with van der Waals surface area (Å²) in [5, 5.41) is 7.30. The zero-order valence-electron chi connectivity index (χ0n) is 19.1. The van der Waals surface area contributed by atoms with Crippen LogP contribution in [0.25, 0.3) is 11.3 Å². The molecule has 32 heavy (non-hydrogen) atoms. The number of amides is 1. The van der Waals surface area contributed by atoms with E-state index in [1.165, 1.54) is 6.07 Å². The molecule has 4 nitrogen and oxygen atoms in total. The minimum atomic E-state index is -4.58. The van der Waals surface area contributed by atoms with E-state index in [2.05, 4.69) is 10.4 Å². The molecule has 0 fully saturated rings. The predicted octanol–water partition coefficient (Wildman–Crippen LogP) is 6.87. The molecule has 1 heterocycles. The number of aromatic nitrogens is 2. The summed E-state index contributed by atoms with van der Waals surface area (Å²) in [6.07, 6.45) is -2.90. The molecule has 0 radical (unpaired) electrons. The van der Waals surface area contributed by atoms with Crippen molar-refractivity contribution in [2.24, 2.45) is 0 Å². The van der Waals surface area contributed by atoms with Crippen molar-refractivity contribution in [2.75, 3.05) is 5.32 Å². The fraction of sp³-hybridized carbons (Fsp3) is 0.360. The van der Waals surface area contributed by atoms with Crippen molar-refractivity contribution in [3.8, 4) is 11.3 Å². The van der Waals surface area contributed by atoms with E-state index >= 15 is 0 Å². The monoisotopic (exact) mass is 443 g/mol. The molecule has 3 aromatic rings. The summed E-state index contributed by atoms with van der Waals surface area (Å²) in [6.45, 7) is 11.3. The van der Waals surface area contributed by atoms with Crippen LogP contribution in [0.4, 0.5) is 18.9 Å². The highest BCUT2D eigenvalue weighted by Gasteiger charge is 2.38. The van der Waals surface area contributed by atoms with Crippen LogP contribution in [0.5, 0.6) is 0 Å². The molecule has 1 amide bonds. The molecule has 0 bridgehead atoms. The minimum absolute atomic E-state index is 0.0149. The van der Waals surface area contributed by atoms with Crippen LogP contribution in [-0.2, 0) is 17.1 Å². The van der Waals surface area contributed by atoms with Gasteiger partial charge in [-0.05, 0) is 62.1 Å². The Hall–Kier alpha value is -3.09. The number of rotatable bonds is 3. The van der Waals surface area contributed by atoms with Crippen molar-refractivity contribution >= 4 is 11.6 Å². The third-order valence-corrected chi connectivity index (χ3v) is 5.08. The molecule has 0 unspecified atom stereocenters. The van der Waals surface area contributed by atoms with Gasteiger partial charge < -0.3 is 5.32 Å². The fourth-order valence-corrected chi connectivity index (χ4v) is 3.60. The summed E-state index contributed by atoms with van der Waals surface area (Å²) in [6, 6.07) is 12.5. The van der Waals surface area contributed by atoms with E-state index in [9.17, 15) is 18.0 Å². The molecule has 0 atom stereocenters. The highest BCUT2D eigenvalue weighted by Crippen LogP contribution is 2.45. The minimum Gasteiger partial charge on any atom is -0.322 e. The van der Waals surface area contributed by atoms with Gasteiger partial charge in [0.1, 0.15) is 0 Å². The zero-order chi connectivity index (χ0) is 23.9. The van der Waals surface area contributed by atoms with Gasteiger partial charge in [-0.2, -0.15) is 18.3 Å². The Morgan fingerprint density at radius 3 is 2.03 bits per heavy atom. The van der Waals surface area contributed by atoms with Gasteiger partial charge in [0.2, 0.25) is 0 Å². The molecule has 7 heteroatoms. The summed E-state index contributed by atoms with van der Waals surface area (Å²) in [5.74, 6) is -0.387. The van der Waals surface area contributed by atoms with E-state index in [1.54, 1.807) is 47.3 Å². The van der Waals surface area contributed by atoms with Gasteiger partial charge in [0.25, 0.3) is 5.91 Å². The number of benzene rings is 2. The highest BCUT2D eigenvalue weighted by atomic mass is 19.4. The van der Waals surface area contributed by atoms with Crippen LogP contribution in [0, 0.1) is 0 Å². The molecule has 3 rings (SSSR count). The summed E-state index contributed by atoms with van der Waals surface area (Å²) in [5.41, 5.74) is -0.536. The first-order valence-electron chi connectivity index (χ1n) is 10.4. The van der Waals surface area contributed by atoms with Crippen LogP contribution in [0.1, 0.15) is 63.0 Å². The maximum Gasteiger partial charge on any atom is 0.417 e. The fourth-order valence-electron chi connectivity index (χ4n) is 3.60. The zero-order valence-corrected chi connectivity index (χ0v) is 19.1. The smallest absolute Gasteiger partial charge is 0.322 e. The van der Waals surface area contributed by atoms with E-state index < -0.39 is 22.7 Å².